The quantitative estimate of drug-likeness (QED) is 0.779. The Morgan fingerprint density at radius 3 is 2.67 bits per heavy atom. The van der Waals surface area contributed by atoms with E-state index in [2.05, 4.69) is 35.3 Å². The molecule has 0 radical (unpaired) electrons. The number of benzene rings is 1. The molecule has 0 amide bonds. The van der Waals surface area contributed by atoms with Gasteiger partial charge in [-0.15, -0.1) is 0 Å². The molecule has 0 unspecified atom stereocenters. The number of hydrogen-bond acceptors (Lipinski definition) is 1. The molecule has 1 aromatic heterocycles. The van der Waals surface area contributed by atoms with Crippen molar-refractivity contribution in [1.29, 1.82) is 0 Å². The monoisotopic (exact) mass is 200 g/mol. The molecule has 2 heteroatoms. The summed E-state index contributed by atoms with van der Waals surface area (Å²) in [6.07, 6.45) is 5.94. The lowest BCUT2D eigenvalue weighted by molar-refractivity contribution is 0.964. The minimum atomic E-state index is 0.716. The van der Waals surface area contributed by atoms with Crippen LogP contribution >= 0.6 is 0 Å². The van der Waals surface area contributed by atoms with Crippen LogP contribution in [-0.2, 0) is 12.8 Å². The molecule has 78 valence electrons. The van der Waals surface area contributed by atoms with Crippen LogP contribution in [0.15, 0.2) is 42.7 Å². The van der Waals surface area contributed by atoms with Crippen LogP contribution in [0.1, 0.15) is 16.7 Å². The van der Waals surface area contributed by atoms with Gasteiger partial charge in [-0.25, -0.2) is 0 Å². The third-order valence-corrected chi connectivity index (χ3v) is 2.50. The van der Waals surface area contributed by atoms with Gasteiger partial charge in [0.2, 0.25) is 0 Å². The zero-order chi connectivity index (χ0) is 10.5. The van der Waals surface area contributed by atoms with Gasteiger partial charge < -0.3 is 10.7 Å². The Labute approximate surface area is 90.1 Å². The van der Waals surface area contributed by atoms with Gasteiger partial charge in [0.25, 0.3) is 0 Å². The maximum Gasteiger partial charge on any atom is 0.00407 e. The Morgan fingerprint density at radius 2 is 1.93 bits per heavy atom. The number of nitrogens with one attached hydrogen (secondary N) is 1. The second-order valence-corrected chi connectivity index (χ2v) is 3.75. The molecular formula is C13H16N2. The molecule has 0 spiro atoms. The van der Waals surface area contributed by atoms with E-state index < -0.39 is 0 Å². The van der Waals surface area contributed by atoms with Crippen LogP contribution in [-0.4, -0.2) is 11.5 Å². The first-order valence-corrected chi connectivity index (χ1v) is 5.28. The molecule has 0 aliphatic rings. The topological polar surface area (TPSA) is 41.8 Å². The van der Waals surface area contributed by atoms with Crippen LogP contribution in [0.4, 0.5) is 0 Å². The highest BCUT2D eigenvalue weighted by molar-refractivity contribution is 5.28. The lowest BCUT2D eigenvalue weighted by Crippen LogP contribution is -2.02. The zero-order valence-electron chi connectivity index (χ0n) is 8.74. The number of rotatable bonds is 4. The van der Waals surface area contributed by atoms with E-state index in [1.54, 1.807) is 0 Å². The Kier molecular flexibility index (Phi) is 3.20. The fraction of sp³-hybridized carbons (Fsp3) is 0.231. The first kappa shape index (κ1) is 9.99. The molecule has 1 heterocycles. The van der Waals surface area contributed by atoms with Crippen molar-refractivity contribution in [2.24, 2.45) is 5.73 Å². The van der Waals surface area contributed by atoms with E-state index in [0.29, 0.717) is 6.54 Å². The standard InChI is InChI=1S/C13H16N2/c14-6-4-11-2-1-3-12(8-11)9-13-5-7-15-10-13/h1-3,5,7-8,10,15H,4,6,9,14H2. The molecule has 0 fully saturated rings. The molecule has 0 aliphatic heterocycles. The van der Waals surface area contributed by atoms with Gasteiger partial charge in [-0.05, 0) is 42.1 Å². The largest absolute Gasteiger partial charge is 0.367 e. The van der Waals surface area contributed by atoms with Crippen molar-refractivity contribution in [1.82, 2.24) is 4.98 Å². The summed E-state index contributed by atoms with van der Waals surface area (Å²) in [6.45, 7) is 0.716. The molecule has 2 rings (SSSR count). The fourth-order valence-corrected chi connectivity index (χ4v) is 1.77. The third kappa shape index (κ3) is 2.70. The average molecular weight is 200 g/mol. The van der Waals surface area contributed by atoms with Crippen molar-refractivity contribution in [3.05, 3.63) is 59.4 Å². The van der Waals surface area contributed by atoms with E-state index in [9.17, 15) is 0 Å². The van der Waals surface area contributed by atoms with E-state index in [4.69, 9.17) is 5.73 Å². The molecule has 0 aliphatic carbocycles. The molecule has 3 N–H and O–H groups in total. The maximum absolute atomic E-state index is 5.54. The Morgan fingerprint density at radius 1 is 1.07 bits per heavy atom. The maximum atomic E-state index is 5.54. The van der Waals surface area contributed by atoms with Crippen LogP contribution in [0.25, 0.3) is 0 Å². The number of hydrogen-bond donors (Lipinski definition) is 2. The second kappa shape index (κ2) is 4.80. The summed E-state index contributed by atoms with van der Waals surface area (Å²) in [4.78, 5) is 3.07. The first-order chi connectivity index (χ1) is 7.38. The number of H-pyrrole nitrogens is 1. The van der Waals surface area contributed by atoms with Gasteiger partial charge in [-0.3, -0.25) is 0 Å². The van der Waals surface area contributed by atoms with Crippen molar-refractivity contribution in [2.45, 2.75) is 12.8 Å². The zero-order valence-corrected chi connectivity index (χ0v) is 8.74. The van der Waals surface area contributed by atoms with Crippen LogP contribution < -0.4 is 5.73 Å². The summed E-state index contributed by atoms with van der Waals surface area (Å²) in [5.74, 6) is 0. The van der Waals surface area contributed by atoms with E-state index in [1.807, 2.05) is 12.4 Å². The highest BCUT2D eigenvalue weighted by Crippen LogP contribution is 2.11. The van der Waals surface area contributed by atoms with E-state index in [1.165, 1.54) is 16.7 Å². The van der Waals surface area contributed by atoms with E-state index >= 15 is 0 Å². The molecule has 1 aromatic carbocycles. The lowest BCUT2D eigenvalue weighted by atomic mass is 10.0. The fourth-order valence-electron chi connectivity index (χ4n) is 1.77. The molecule has 2 aromatic rings. The summed E-state index contributed by atoms with van der Waals surface area (Å²) in [5.41, 5.74) is 9.53. The first-order valence-electron chi connectivity index (χ1n) is 5.28. The predicted octanol–water partition coefficient (Wildman–Crippen LogP) is 2.11. The summed E-state index contributed by atoms with van der Waals surface area (Å²) >= 11 is 0. The number of aromatic amines is 1. The number of nitrogens with two attached hydrogens (primary N) is 1. The summed E-state index contributed by atoms with van der Waals surface area (Å²) in [6, 6.07) is 10.7. The van der Waals surface area contributed by atoms with Crippen LogP contribution in [0, 0.1) is 0 Å². The highest BCUT2D eigenvalue weighted by atomic mass is 14.6. The Hall–Kier alpha value is -1.54. The van der Waals surface area contributed by atoms with Gasteiger partial charge in [-0.1, -0.05) is 24.3 Å². The van der Waals surface area contributed by atoms with Crippen molar-refractivity contribution >= 4 is 0 Å². The molecule has 0 saturated heterocycles. The number of aromatic nitrogens is 1. The Balaban J connectivity index is 2.11. The molecule has 0 bridgehead atoms. The minimum absolute atomic E-state index is 0.716. The molecule has 15 heavy (non-hydrogen) atoms. The van der Waals surface area contributed by atoms with Gasteiger partial charge in [0.05, 0.1) is 0 Å². The van der Waals surface area contributed by atoms with Crippen LogP contribution in [0.5, 0.6) is 0 Å². The Bertz CT molecular complexity index is 404. The molecule has 2 nitrogen and oxygen atoms in total. The van der Waals surface area contributed by atoms with Gasteiger partial charge in [0.1, 0.15) is 0 Å². The van der Waals surface area contributed by atoms with Crippen molar-refractivity contribution < 1.29 is 0 Å². The molecule has 0 atom stereocenters. The third-order valence-electron chi connectivity index (χ3n) is 2.50. The summed E-state index contributed by atoms with van der Waals surface area (Å²) in [7, 11) is 0. The normalized spacial score (nSPS) is 10.5. The highest BCUT2D eigenvalue weighted by Gasteiger charge is 1.98. The van der Waals surface area contributed by atoms with E-state index in [0.717, 1.165) is 12.8 Å². The lowest BCUT2D eigenvalue weighted by Gasteiger charge is -2.03. The van der Waals surface area contributed by atoms with Crippen molar-refractivity contribution in [3.8, 4) is 0 Å². The van der Waals surface area contributed by atoms with Crippen molar-refractivity contribution in [3.63, 3.8) is 0 Å². The smallest absolute Gasteiger partial charge is 0.00407 e. The average Bonchev–Trinajstić information content (AvgIpc) is 2.71. The van der Waals surface area contributed by atoms with Gasteiger partial charge in [0.15, 0.2) is 0 Å². The summed E-state index contributed by atoms with van der Waals surface area (Å²) < 4.78 is 0. The van der Waals surface area contributed by atoms with Gasteiger partial charge in [-0.2, -0.15) is 0 Å². The minimum Gasteiger partial charge on any atom is -0.367 e. The molecular weight excluding hydrogens is 184 g/mol. The van der Waals surface area contributed by atoms with E-state index in [-0.39, 0.29) is 0 Å². The van der Waals surface area contributed by atoms with Crippen LogP contribution in [0.3, 0.4) is 0 Å². The van der Waals surface area contributed by atoms with Crippen molar-refractivity contribution in [2.75, 3.05) is 6.54 Å². The summed E-state index contributed by atoms with van der Waals surface area (Å²) in [5, 5.41) is 0. The van der Waals surface area contributed by atoms with Gasteiger partial charge >= 0.3 is 0 Å². The van der Waals surface area contributed by atoms with Crippen LogP contribution in [0.2, 0.25) is 0 Å². The van der Waals surface area contributed by atoms with Gasteiger partial charge in [0, 0.05) is 12.4 Å². The SMILES string of the molecule is NCCc1cccc(Cc2cc[nH]c2)c1. The predicted molar refractivity (Wildman–Crippen MR) is 62.8 cm³/mol. The second-order valence-electron chi connectivity index (χ2n) is 3.75. The molecule has 0 saturated carbocycles.